The van der Waals surface area contributed by atoms with Crippen molar-refractivity contribution in [2.75, 3.05) is 6.54 Å². The minimum Gasteiger partial charge on any atom is -0.460 e. The van der Waals surface area contributed by atoms with Crippen molar-refractivity contribution >= 4 is 5.69 Å². The Morgan fingerprint density at radius 2 is 2.07 bits per heavy atom. The molecule has 0 fully saturated rings. The van der Waals surface area contributed by atoms with E-state index in [1.54, 1.807) is 12.1 Å². The Hall–Kier alpha value is -3.26. The fraction of sp³-hybridized carbons (Fsp3) is 0.364. The summed E-state index contributed by atoms with van der Waals surface area (Å²) in [5.74, 6) is 2.04. The zero-order chi connectivity index (χ0) is 21.5. The second kappa shape index (κ2) is 7.53. The molecule has 0 saturated carbocycles. The number of nitrogens with one attached hydrogen (secondary N) is 1. The first-order valence-corrected chi connectivity index (χ1v) is 9.89. The minimum atomic E-state index is -0.421. The predicted octanol–water partition coefficient (Wildman–Crippen LogP) is 3.79. The van der Waals surface area contributed by atoms with Crippen LogP contribution >= 0.6 is 0 Å². The van der Waals surface area contributed by atoms with E-state index in [1.807, 2.05) is 32.9 Å². The normalized spacial score (nSPS) is 14.5. The van der Waals surface area contributed by atoms with Gasteiger partial charge in [-0.15, -0.1) is 0 Å². The van der Waals surface area contributed by atoms with Crippen molar-refractivity contribution in [3.8, 4) is 11.3 Å². The number of fused-ring (bicyclic) bond motifs is 1. The lowest BCUT2D eigenvalue weighted by Gasteiger charge is -2.28. The molecular formula is C22H24N4O4. The summed E-state index contributed by atoms with van der Waals surface area (Å²) in [6.07, 6.45) is 0.709. The topological polar surface area (TPSA) is 105 Å². The zero-order valence-electron chi connectivity index (χ0n) is 17.3. The van der Waals surface area contributed by atoms with Crippen LogP contribution in [0.5, 0.6) is 0 Å². The second-order valence-corrected chi connectivity index (χ2v) is 8.62. The molecule has 0 atom stereocenters. The molecule has 0 saturated heterocycles. The average Bonchev–Trinajstić information content (AvgIpc) is 3.16. The van der Waals surface area contributed by atoms with Crippen LogP contribution in [0.15, 0.2) is 45.6 Å². The third kappa shape index (κ3) is 4.04. The highest BCUT2D eigenvalue weighted by Crippen LogP contribution is 2.27. The molecule has 1 N–H and O–H groups in total. The molecule has 0 radical (unpaired) electrons. The maximum Gasteiger partial charge on any atom is 0.270 e. The summed E-state index contributed by atoms with van der Waals surface area (Å²) in [4.78, 5) is 32.9. The van der Waals surface area contributed by atoms with Gasteiger partial charge in [0, 0.05) is 42.6 Å². The standard InChI is InChI=1S/C22H24N4O4/c1-22(2,3)21-23-18-9-10-25(13-17(18)20(27)24-21)12-16-7-8-19(30-16)14-5-4-6-15(11-14)26(28)29/h4-8,11H,9-10,12-13H2,1-3H3,(H,23,24,27). The van der Waals surface area contributed by atoms with Crippen LogP contribution in [0.4, 0.5) is 5.69 Å². The van der Waals surface area contributed by atoms with Gasteiger partial charge in [0.05, 0.1) is 22.7 Å². The summed E-state index contributed by atoms with van der Waals surface area (Å²) in [6.45, 7) is 7.93. The molecule has 8 nitrogen and oxygen atoms in total. The number of nitro groups is 1. The maximum atomic E-state index is 12.6. The zero-order valence-corrected chi connectivity index (χ0v) is 17.3. The molecule has 4 rings (SSSR count). The van der Waals surface area contributed by atoms with E-state index in [4.69, 9.17) is 9.40 Å². The van der Waals surface area contributed by atoms with Crippen molar-refractivity contribution in [3.05, 3.63) is 79.7 Å². The van der Waals surface area contributed by atoms with Crippen LogP contribution in [0.2, 0.25) is 0 Å². The van der Waals surface area contributed by atoms with E-state index < -0.39 is 4.92 Å². The third-order valence-electron chi connectivity index (χ3n) is 5.24. The maximum absolute atomic E-state index is 12.6. The van der Waals surface area contributed by atoms with Crippen molar-refractivity contribution < 1.29 is 9.34 Å². The Bertz CT molecular complexity index is 1160. The molecule has 0 unspecified atom stereocenters. The van der Waals surface area contributed by atoms with E-state index in [0.29, 0.717) is 42.2 Å². The minimum absolute atomic E-state index is 0.0273. The van der Waals surface area contributed by atoms with Gasteiger partial charge in [-0.3, -0.25) is 19.8 Å². The van der Waals surface area contributed by atoms with Crippen molar-refractivity contribution in [1.82, 2.24) is 14.9 Å². The molecule has 2 aromatic heterocycles. The van der Waals surface area contributed by atoms with Gasteiger partial charge in [0.2, 0.25) is 0 Å². The van der Waals surface area contributed by atoms with E-state index in [-0.39, 0.29) is 16.7 Å². The largest absolute Gasteiger partial charge is 0.460 e. The van der Waals surface area contributed by atoms with Gasteiger partial charge in [-0.2, -0.15) is 0 Å². The Balaban J connectivity index is 1.50. The van der Waals surface area contributed by atoms with Gasteiger partial charge in [0.15, 0.2) is 0 Å². The number of furan rings is 1. The number of H-pyrrole nitrogens is 1. The number of aromatic amines is 1. The van der Waals surface area contributed by atoms with Gasteiger partial charge in [0.25, 0.3) is 11.2 Å². The average molecular weight is 408 g/mol. The van der Waals surface area contributed by atoms with Gasteiger partial charge in [-0.25, -0.2) is 4.98 Å². The summed E-state index contributed by atoms with van der Waals surface area (Å²) in [5.41, 5.74) is 1.99. The number of rotatable bonds is 4. The number of nitro benzene ring substituents is 1. The summed E-state index contributed by atoms with van der Waals surface area (Å²) in [7, 11) is 0. The van der Waals surface area contributed by atoms with E-state index >= 15 is 0 Å². The van der Waals surface area contributed by atoms with Crippen molar-refractivity contribution in [2.45, 2.75) is 45.7 Å². The molecule has 0 bridgehead atoms. The van der Waals surface area contributed by atoms with E-state index in [1.165, 1.54) is 12.1 Å². The van der Waals surface area contributed by atoms with Crippen LogP contribution in [-0.2, 0) is 24.9 Å². The highest BCUT2D eigenvalue weighted by molar-refractivity contribution is 5.61. The molecule has 0 amide bonds. The van der Waals surface area contributed by atoms with Crippen LogP contribution in [0, 0.1) is 10.1 Å². The van der Waals surface area contributed by atoms with E-state index in [9.17, 15) is 14.9 Å². The van der Waals surface area contributed by atoms with Gasteiger partial charge >= 0.3 is 0 Å². The lowest BCUT2D eigenvalue weighted by molar-refractivity contribution is -0.384. The van der Waals surface area contributed by atoms with Crippen molar-refractivity contribution in [1.29, 1.82) is 0 Å². The number of nitrogens with zero attached hydrogens (tertiary/aromatic N) is 3. The van der Waals surface area contributed by atoms with E-state index in [0.717, 1.165) is 18.0 Å². The van der Waals surface area contributed by atoms with Crippen molar-refractivity contribution in [2.24, 2.45) is 0 Å². The molecule has 3 aromatic rings. The highest BCUT2D eigenvalue weighted by Gasteiger charge is 2.25. The first-order valence-electron chi connectivity index (χ1n) is 9.89. The third-order valence-corrected chi connectivity index (χ3v) is 5.24. The number of non-ortho nitro benzene ring substituents is 1. The first kappa shape index (κ1) is 20.0. The number of benzene rings is 1. The molecule has 0 aliphatic carbocycles. The SMILES string of the molecule is CC(C)(C)c1nc2c(c(=O)[nH]1)CN(Cc1ccc(-c3cccc([N+](=O)[O-])c3)o1)CC2. The Morgan fingerprint density at radius 3 is 2.80 bits per heavy atom. The molecule has 0 spiro atoms. The monoisotopic (exact) mass is 408 g/mol. The van der Waals surface area contributed by atoms with Crippen LogP contribution in [0.1, 0.15) is 43.6 Å². The predicted molar refractivity (Wildman–Crippen MR) is 112 cm³/mol. The number of aromatic nitrogens is 2. The van der Waals surface area contributed by atoms with Crippen LogP contribution in [0.3, 0.4) is 0 Å². The van der Waals surface area contributed by atoms with E-state index in [2.05, 4.69) is 9.88 Å². The lowest BCUT2D eigenvalue weighted by Crippen LogP contribution is -2.37. The molecule has 30 heavy (non-hydrogen) atoms. The van der Waals surface area contributed by atoms with Crippen LogP contribution < -0.4 is 5.56 Å². The van der Waals surface area contributed by atoms with Crippen LogP contribution in [-0.4, -0.2) is 26.3 Å². The molecule has 3 heterocycles. The highest BCUT2D eigenvalue weighted by atomic mass is 16.6. The quantitative estimate of drug-likeness (QED) is 0.520. The fourth-order valence-electron chi connectivity index (χ4n) is 3.58. The molecule has 1 aromatic carbocycles. The fourth-order valence-corrected chi connectivity index (χ4v) is 3.58. The lowest BCUT2D eigenvalue weighted by atomic mass is 9.95. The Labute approximate surface area is 173 Å². The summed E-state index contributed by atoms with van der Waals surface area (Å²) >= 11 is 0. The van der Waals surface area contributed by atoms with Crippen molar-refractivity contribution in [3.63, 3.8) is 0 Å². The summed E-state index contributed by atoms with van der Waals surface area (Å²) < 4.78 is 5.92. The van der Waals surface area contributed by atoms with Gasteiger partial charge in [0.1, 0.15) is 17.3 Å². The molecule has 8 heteroatoms. The van der Waals surface area contributed by atoms with Gasteiger partial charge in [-0.1, -0.05) is 32.9 Å². The smallest absolute Gasteiger partial charge is 0.270 e. The van der Waals surface area contributed by atoms with Crippen LogP contribution in [0.25, 0.3) is 11.3 Å². The second-order valence-electron chi connectivity index (χ2n) is 8.62. The number of hydrogen-bond acceptors (Lipinski definition) is 6. The molecule has 1 aliphatic rings. The molecular weight excluding hydrogens is 384 g/mol. The Morgan fingerprint density at radius 1 is 1.27 bits per heavy atom. The number of hydrogen-bond donors (Lipinski definition) is 1. The summed E-state index contributed by atoms with van der Waals surface area (Å²) in [6, 6.07) is 10.1. The van der Waals surface area contributed by atoms with Gasteiger partial charge < -0.3 is 9.40 Å². The molecule has 156 valence electrons. The Kier molecular flexibility index (Phi) is 5.03. The molecule has 1 aliphatic heterocycles. The van der Waals surface area contributed by atoms with Gasteiger partial charge in [-0.05, 0) is 12.1 Å². The first-order chi connectivity index (χ1) is 14.2. The summed E-state index contributed by atoms with van der Waals surface area (Å²) in [5, 5.41) is 11.0.